The van der Waals surface area contributed by atoms with Gasteiger partial charge in [-0.05, 0) is 19.9 Å². The lowest BCUT2D eigenvalue weighted by molar-refractivity contribution is 0.0972. The summed E-state index contributed by atoms with van der Waals surface area (Å²) in [4.78, 5) is 14.5. The Hall–Kier alpha value is -0.800. The molecule has 1 aromatic carbocycles. The maximum Gasteiger partial charge on any atom is 0.162 e. The zero-order valence-corrected chi connectivity index (χ0v) is 11.8. The van der Waals surface area contributed by atoms with Gasteiger partial charge in [0, 0.05) is 36.1 Å². The summed E-state index contributed by atoms with van der Waals surface area (Å²) in [5.41, 5.74) is 0.847. The molecule has 1 aliphatic heterocycles. The Bertz CT molecular complexity index is 379. The smallest absolute Gasteiger partial charge is 0.162 e. The van der Waals surface area contributed by atoms with E-state index in [0.29, 0.717) is 12.5 Å². The van der Waals surface area contributed by atoms with Crippen LogP contribution in [-0.2, 0) is 0 Å². The number of carbonyl (C=O) groups excluding carboxylic acids is 1. The lowest BCUT2D eigenvalue weighted by Crippen LogP contribution is -2.40. The van der Waals surface area contributed by atoms with Gasteiger partial charge in [0.15, 0.2) is 5.78 Å². The molecule has 0 aliphatic carbocycles. The number of rotatable bonds is 5. The number of thioether (sulfide) groups is 1. The van der Waals surface area contributed by atoms with Crippen molar-refractivity contribution in [3.8, 4) is 0 Å². The first-order valence-corrected chi connectivity index (χ1v) is 7.83. The Morgan fingerprint density at radius 2 is 2.17 bits per heavy atom. The van der Waals surface area contributed by atoms with Crippen molar-refractivity contribution in [2.24, 2.45) is 0 Å². The van der Waals surface area contributed by atoms with Crippen LogP contribution in [0.4, 0.5) is 0 Å². The third-order valence-electron chi connectivity index (χ3n) is 3.45. The second-order valence-corrected chi connectivity index (χ2v) is 6.00. The average Bonchev–Trinajstić information content (AvgIpc) is 2.42. The number of hydrogen-bond donors (Lipinski definition) is 0. The molecule has 1 fully saturated rings. The third kappa shape index (κ3) is 3.85. The molecule has 0 aromatic heterocycles. The quantitative estimate of drug-likeness (QED) is 0.761. The maximum absolute atomic E-state index is 11.9. The standard InChI is InChI=1S/C15H21NOS/c1-13-12-18-11-10-16(13)9-5-8-15(17)14-6-3-2-4-7-14/h2-4,6-7,13H,5,8-12H2,1H3. The van der Waals surface area contributed by atoms with Crippen LogP contribution in [0.2, 0.25) is 0 Å². The van der Waals surface area contributed by atoms with E-state index in [9.17, 15) is 4.79 Å². The zero-order chi connectivity index (χ0) is 12.8. The maximum atomic E-state index is 11.9. The van der Waals surface area contributed by atoms with Crippen LogP contribution in [0.5, 0.6) is 0 Å². The fourth-order valence-corrected chi connectivity index (χ4v) is 3.39. The van der Waals surface area contributed by atoms with Crippen molar-refractivity contribution in [3.05, 3.63) is 35.9 Å². The predicted molar refractivity (Wildman–Crippen MR) is 78.4 cm³/mol. The van der Waals surface area contributed by atoms with E-state index in [4.69, 9.17) is 0 Å². The fourth-order valence-electron chi connectivity index (χ4n) is 2.30. The van der Waals surface area contributed by atoms with Gasteiger partial charge in [0.2, 0.25) is 0 Å². The second kappa shape index (κ2) is 6.95. The van der Waals surface area contributed by atoms with Crippen LogP contribution in [0.15, 0.2) is 30.3 Å². The van der Waals surface area contributed by atoms with Gasteiger partial charge in [-0.25, -0.2) is 0 Å². The van der Waals surface area contributed by atoms with Gasteiger partial charge in [0.1, 0.15) is 0 Å². The van der Waals surface area contributed by atoms with Crippen molar-refractivity contribution < 1.29 is 4.79 Å². The lowest BCUT2D eigenvalue weighted by atomic mass is 10.1. The minimum Gasteiger partial charge on any atom is -0.299 e. The van der Waals surface area contributed by atoms with Crippen LogP contribution >= 0.6 is 11.8 Å². The molecular weight excluding hydrogens is 242 g/mol. The van der Waals surface area contributed by atoms with E-state index in [1.54, 1.807) is 0 Å². The van der Waals surface area contributed by atoms with E-state index in [0.717, 1.165) is 18.5 Å². The molecule has 1 aliphatic rings. The van der Waals surface area contributed by atoms with Crippen molar-refractivity contribution in [1.29, 1.82) is 0 Å². The van der Waals surface area contributed by atoms with E-state index in [1.165, 1.54) is 18.1 Å². The first kappa shape index (κ1) is 13.6. The molecule has 1 atom stereocenters. The minimum atomic E-state index is 0.273. The number of carbonyl (C=O) groups is 1. The first-order valence-electron chi connectivity index (χ1n) is 6.67. The average molecular weight is 263 g/mol. The SMILES string of the molecule is CC1CSCCN1CCCC(=O)c1ccccc1. The van der Waals surface area contributed by atoms with E-state index in [2.05, 4.69) is 11.8 Å². The number of ketones is 1. The molecule has 0 bridgehead atoms. The highest BCUT2D eigenvalue weighted by molar-refractivity contribution is 7.99. The molecular formula is C15H21NOS. The molecule has 2 nitrogen and oxygen atoms in total. The summed E-state index contributed by atoms with van der Waals surface area (Å²) < 4.78 is 0. The van der Waals surface area contributed by atoms with Gasteiger partial charge in [-0.15, -0.1) is 0 Å². The van der Waals surface area contributed by atoms with Gasteiger partial charge in [-0.2, -0.15) is 11.8 Å². The summed E-state index contributed by atoms with van der Waals surface area (Å²) >= 11 is 2.03. The Morgan fingerprint density at radius 3 is 2.89 bits per heavy atom. The monoisotopic (exact) mass is 263 g/mol. The zero-order valence-electron chi connectivity index (χ0n) is 11.0. The van der Waals surface area contributed by atoms with Crippen molar-refractivity contribution in [1.82, 2.24) is 4.90 Å². The Labute approximate surface area is 114 Å². The highest BCUT2D eigenvalue weighted by Crippen LogP contribution is 2.16. The van der Waals surface area contributed by atoms with Gasteiger partial charge >= 0.3 is 0 Å². The predicted octanol–water partition coefficient (Wildman–Crippen LogP) is 3.09. The van der Waals surface area contributed by atoms with Crippen LogP contribution < -0.4 is 0 Å². The molecule has 1 saturated heterocycles. The molecule has 0 saturated carbocycles. The van der Waals surface area contributed by atoms with E-state index >= 15 is 0 Å². The molecule has 1 heterocycles. The Morgan fingerprint density at radius 1 is 1.39 bits per heavy atom. The van der Waals surface area contributed by atoms with Crippen LogP contribution in [0, 0.1) is 0 Å². The molecule has 1 aromatic rings. The topological polar surface area (TPSA) is 20.3 Å². The molecule has 3 heteroatoms. The van der Waals surface area contributed by atoms with Crippen molar-refractivity contribution in [2.75, 3.05) is 24.6 Å². The van der Waals surface area contributed by atoms with E-state index < -0.39 is 0 Å². The lowest BCUT2D eigenvalue weighted by Gasteiger charge is -2.32. The van der Waals surface area contributed by atoms with Gasteiger partial charge < -0.3 is 0 Å². The van der Waals surface area contributed by atoms with E-state index in [-0.39, 0.29) is 5.78 Å². The summed E-state index contributed by atoms with van der Waals surface area (Å²) in [5, 5.41) is 0. The number of Topliss-reactive ketones (excluding diaryl/α,β-unsaturated/α-hetero) is 1. The van der Waals surface area contributed by atoms with Crippen LogP contribution in [0.1, 0.15) is 30.1 Å². The molecule has 0 amide bonds. The first-order chi connectivity index (χ1) is 8.77. The summed E-state index contributed by atoms with van der Waals surface area (Å²) in [7, 11) is 0. The minimum absolute atomic E-state index is 0.273. The molecule has 0 N–H and O–H groups in total. The Balaban J connectivity index is 1.73. The summed E-state index contributed by atoms with van der Waals surface area (Å²) in [6.45, 7) is 4.51. The highest BCUT2D eigenvalue weighted by Gasteiger charge is 2.18. The molecule has 2 rings (SSSR count). The van der Waals surface area contributed by atoms with Gasteiger partial charge in [-0.3, -0.25) is 9.69 Å². The summed E-state index contributed by atoms with van der Waals surface area (Å²) in [5.74, 6) is 2.73. The normalized spacial score (nSPS) is 20.8. The van der Waals surface area contributed by atoms with E-state index in [1.807, 2.05) is 42.1 Å². The fraction of sp³-hybridized carbons (Fsp3) is 0.533. The number of benzene rings is 1. The van der Waals surface area contributed by atoms with Crippen LogP contribution in [-0.4, -0.2) is 41.3 Å². The molecule has 18 heavy (non-hydrogen) atoms. The van der Waals surface area contributed by atoms with Crippen LogP contribution in [0.3, 0.4) is 0 Å². The van der Waals surface area contributed by atoms with Crippen molar-refractivity contribution >= 4 is 17.5 Å². The molecule has 0 spiro atoms. The molecule has 1 unspecified atom stereocenters. The molecule has 98 valence electrons. The largest absolute Gasteiger partial charge is 0.299 e. The highest BCUT2D eigenvalue weighted by atomic mass is 32.2. The van der Waals surface area contributed by atoms with Crippen molar-refractivity contribution in [2.45, 2.75) is 25.8 Å². The van der Waals surface area contributed by atoms with Crippen LogP contribution in [0.25, 0.3) is 0 Å². The Kier molecular flexibility index (Phi) is 5.26. The number of hydrogen-bond acceptors (Lipinski definition) is 3. The van der Waals surface area contributed by atoms with Crippen molar-refractivity contribution in [3.63, 3.8) is 0 Å². The van der Waals surface area contributed by atoms with Gasteiger partial charge in [0.05, 0.1) is 0 Å². The summed E-state index contributed by atoms with van der Waals surface area (Å²) in [6.07, 6.45) is 1.64. The van der Waals surface area contributed by atoms with Gasteiger partial charge in [0.25, 0.3) is 0 Å². The van der Waals surface area contributed by atoms with Gasteiger partial charge in [-0.1, -0.05) is 30.3 Å². The number of nitrogens with zero attached hydrogens (tertiary/aromatic N) is 1. The third-order valence-corrected chi connectivity index (χ3v) is 4.64. The molecule has 0 radical (unpaired) electrons. The second-order valence-electron chi connectivity index (χ2n) is 4.85. The summed E-state index contributed by atoms with van der Waals surface area (Å²) in [6, 6.07) is 10.3.